The third-order valence-corrected chi connectivity index (χ3v) is 3.95. The van der Waals surface area contributed by atoms with Crippen molar-refractivity contribution in [2.75, 3.05) is 31.6 Å². The lowest BCUT2D eigenvalue weighted by Crippen LogP contribution is -2.55. The summed E-state index contributed by atoms with van der Waals surface area (Å²) in [5.74, 6) is 0.114. The molecule has 102 valence electrons. The molecule has 1 aromatic carbocycles. The largest absolute Gasteiger partial charge is 0.384 e. The monoisotopic (exact) mass is 260 g/mol. The van der Waals surface area contributed by atoms with E-state index >= 15 is 0 Å². The summed E-state index contributed by atoms with van der Waals surface area (Å²) in [5, 5.41) is 3.32. The van der Waals surface area contributed by atoms with Crippen molar-refractivity contribution in [3.8, 4) is 0 Å². The lowest BCUT2D eigenvalue weighted by molar-refractivity contribution is -0.0370. The molecule has 0 saturated carbocycles. The first kappa shape index (κ1) is 12.5. The highest BCUT2D eigenvalue weighted by Crippen LogP contribution is 2.26. The molecule has 1 amide bonds. The summed E-state index contributed by atoms with van der Waals surface area (Å²) >= 11 is 0. The molecule has 2 heterocycles. The number of carbonyl (C=O) groups is 1. The number of fused-ring (bicyclic) bond motifs is 1. The van der Waals surface area contributed by atoms with E-state index in [-0.39, 0.29) is 11.4 Å². The van der Waals surface area contributed by atoms with Crippen LogP contribution >= 0.6 is 0 Å². The molecule has 0 aromatic heterocycles. The molecule has 4 nitrogen and oxygen atoms in total. The Balaban J connectivity index is 1.87. The van der Waals surface area contributed by atoms with E-state index < -0.39 is 0 Å². The minimum atomic E-state index is -0.230. The third-order valence-electron chi connectivity index (χ3n) is 3.95. The predicted octanol–water partition coefficient (Wildman–Crippen LogP) is 1.91. The first-order valence-electron chi connectivity index (χ1n) is 6.84. The summed E-state index contributed by atoms with van der Waals surface area (Å²) < 4.78 is 5.47. The van der Waals surface area contributed by atoms with Crippen LogP contribution in [0.4, 0.5) is 5.69 Å². The standard InChI is InChI=1S/C15H20N2O2/c1-15(2)10-19-8-7-17(15)14(18)12-3-4-13-11(9-12)5-6-16-13/h3-4,9,16H,5-8,10H2,1-2H3. The third kappa shape index (κ3) is 2.21. The molecule has 0 radical (unpaired) electrons. The average molecular weight is 260 g/mol. The van der Waals surface area contributed by atoms with Crippen molar-refractivity contribution >= 4 is 11.6 Å². The van der Waals surface area contributed by atoms with Crippen LogP contribution in [0, 0.1) is 0 Å². The molecule has 0 spiro atoms. The van der Waals surface area contributed by atoms with Gasteiger partial charge in [-0.1, -0.05) is 0 Å². The topological polar surface area (TPSA) is 41.6 Å². The van der Waals surface area contributed by atoms with Crippen LogP contribution in [0.25, 0.3) is 0 Å². The maximum atomic E-state index is 12.7. The van der Waals surface area contributed by atoms with Crippen LogP contribution in [0.1, 0.15) is 29.8 Å². The smallest absolute Gasteiger partial charge is 0.254 e. The fourth-order valence-electron chi connectivity index (χ4n) is 2.83. The van der Waals surface area contributed by atoms with Gasteiger partial charge in [-0.05, 0) is 44.0 Å². The number of nitrogens with zero attached hydrogens (tertiary/aromatic N) is 1. The Bertz CT molecular complexity index is 511. The van der Waals surface area contributed by atoms with Gasteiger partial charge in [0, 0.05) is 24.3 Å². The minimum absolute atomic E-state index is 0.114. The van der Waals surface area contributed by atoms with Gasteiger partial charge < -0.3 is 15.0 Å². The number of hydrogen-bond donors (Lipinski definition) is 1. The summed E-state index contributed by atoms with van der Waals surface area (Å²) in [6.07, 6.45) is 1.00. The fraction of sp³-hybridized carbons (Fsp3) is 0.533. The van der Waals surface area contributed by atoms with Crippen LogP contribution in [-0.4, -0.2) is 42.6 Å². The lowest BCUT2D eigenvalue weighted by Gasteiger charge is -2.42. The molecule has 4 heteroatoms. The predicted molar refractivity (Wildman–Crippen MR) is 74.6 cm³/mol. The van der Waals surface area contributed by atoms with Crippen LogP contribution in [-0.2, 0) is 11.2 Å². The second kappa shape index (κ2) is 4.53. The Labute approximate surface area is 113 Å². The molecule has 2 aliphatic rings. The van der Waals surface area contributed by atoms with Crippen molar-refractivity contribution < 1.29 is 9.53 Å². The van der Waals surface area contributed by atoms with Crippen molar-refractivity contribution in [1.29, 1.82) is 0 Å². The second-order valence-corrected chi connectivity index (χ2v) is 5.87. The zero-order valence-corrected chi connectivity index (χ0v) is 11.5. The van der Waals surface area contributed by atoms with Crippen LogP contribution in [0.2, 0.25) is 0 Å². The maximum absolute atomic E-state index is 12.7. The Morgan fingerprint density at radius 2 is 2.26 bits per heavy atom. The quantitative estimate of drug-likeness (QED) is 0.838. The molecule has 0 unspecified atom stereocenters. The van der Waals surface area contributed by atoms with E-state index in [1.807, 2.05) is 23.1 Å². The van der Waals surface area contributed by atoms with E-state index in [2.05, 4.69) is 19.2 Å². The number of nitrogens with one attached hydrogen (secondary N) is 1. The van der Waals surface area contributed by atoms with Gasteiger partial charge in [-0.2, -0.15) is 0 Å². The number of benzene rings is 1. The molecular formula is C15H20N2O2. The average Bonchev–Trinajstić information content (AvgIpc) is 2.84. The molecule has 3 rings (SSSR count). The van der Waals surface area contributed by atoms with Gasteiger partial charge in [0.15, 0.2) is 0 Å². The number of amides is 1. The molecule has 0 atom stereocenters. The number of hydrogen-bond acceptors (Lipinski definition) is 3. The van der Waals surface area contributed by atoms with E-state index in [0.29, 0.717) is 19.8 Å². The van der Waals surface area contributed by atoms with Crippen molar-refractivity contribution in [2.24, 2.45) is 0 Å². The normalized spacial score (nSPS) is 20.8. The van der Waals surface area contributed by atoms with Gasteiger partial charge in [0.1, 0.15) is 0 Å². The first-order valence-corrected chi connectivity index (χ1v) is 6.84. The summed E-state index contributed by atoms with van der Waals surface area (Å²) in [6, 6.07) is 5.97. The van der Waals surface area contributed by atoms with Gasteiger partial charge in [-0.25, -0.2) is 0 Å². The molecule has 0 bridgehead atoms. The van der Waals surface area contributed by atoms with Crippen molar-refractivity contribution in [3.05, 3.63) is 29.3 Å². The van der Waals surface area contributed by atoms with Crippen LogP contribution in [0.5, 0.6) is 0 Å². The van der Waals surface area contributed by atoms with Crippen LogP contribution < -0.4 is 5.32 Å². The van der Waals surface area contributed by atoms with E-state index in [1.165, 1.54) is 5.56 Å². The molecule has 1 saturated heterocycles. The highest BCUT2D eigenvalue weighted by Gasteiger charge is 2.34. The number of anilines is 1. The summed E-state index contributed by atoms with van der Waals surface area (Å²) in [4.78, 5) is 14.6. The maximum Gasteiger partial charge on any atom is 0.254 e. The van der Waals surface area contributed by atoms with E-state index in [9.17, 15) is 4.79 Å². The molecule has 1 fully saturated rings. The minimum Gasteiger partial charge on any atom is -0.384 e. The summed E-state index contributed by atoms with van der Waals surface area (Å²) in [7, 11) is 0. The van der Waals surface area contributed by atoms with E-state index in [0.717, 1.165) is 24.2 Å². The number of morpholine rings is 1. The Morgan fingerprint density at radius 1 is 1.42 bits per heavy atom. The Hall–Kier alpha value is -1.55. The SMILES string of the molecule is CC1(C)COCCN1C(=O)c1ccc2c(c1)CCN2. The lowest BCUT2D eigenvalue weighted by atomic mass is 10.00. The molecule has 1 N–H and O–H groups in total. The molecular weight excluding hydrogens is 240 g/mol. The number of rotatable bonds is 1. The molecule has 2 aliphatic heterocycles. The van der Waals surface area contributed by atoms with Crippen LogP contribution in [0.15, 0.2) is 18.2 Å². The van der Waals surface area contributed by atoms with Crippen molar-refractivity contribution in [3.63, 3.8) is 0 Å². The highest BCUT2D eigenvalue weighted by molar-refractivity contribution is 5.95. The summed E-state index contributed by atoms with van der Waals surface area (Å²) in [5.41, 5.74) is 2.97. The first-order chi connectivity index (χ1) is 9.08. The second-order valence-electron chi connectivity index (χ2n) is 5.87. The zero-order chi connectivity index (χ0) is 13.5. The highest BCUT2D eigenvalue weighted by atomic mass is 16.5. The Morgan fingerprint density at radius 3 is 3.05 bits per heavy atom. The van der Waals surface area contributed by atoms with Gasteiger partial charge in [0.2, 0.25) is 0 Å². The number of carbonyl (C=O) groups excluding carboxylic acids is 1. The van der Waals surface area contributed by atoms with Gasteiger partial charge in [0.05, 0.1) is 18.8 Å². The molecule has 1 aromatic rings. The van der Waals surface area contributed by atoms with Gasteiger partial charge in [-0.3, -0.25) is 4.79 Å². The zero-order valence-electron chi connectivity index (χ0n) is 11.5. The van der Waals surface area contributed by atoms with Crippen LogP contribution in [0.3, 0.4) is 0 Å². The van der Waals surface area contributed by atoms with Gasteiger partial charge in [0.25, 0.3) is 5.91 Å². The van der Waals surface area contributed by atoms with E-state index in [4.69, 9.17) is 4.74 Å². The van der Waals surface area contributed by atoms with Gasteiger partial charge in [-0.15, -0.1) is 0 Å². The van der Waals surface area contributed by atoms with E-state index in [1.54, 1.807) is 0 Å². The van der Waals surface area contributed by atoms with Crippen molar-refractivity contribution in [2.45, 2.75) is 25.8 Å². The number of ether oxygens (including phenoxy) is 1. The van der Waals surface area contributed by atoms with Crippen molar-refractivity contribution in [1.82, 2.24) is 4.90 Å². The van der Waals surface area contributed by atoms with Gasteiger partial charge >= 0.3 is 0 Å². The molecule has 19 heavy (non-hydrogen) atoms. The Kier molecular flexibility index (Phi) is 2.97. The fourth-order valence-corrected chi connectivity index (χ4v) is 2.83. The summed E-state index contributed by atoms with van der Waals surface area (Å²) in [6.45, 7) is 6.97. The molecule has 0 aliphatic carbocycles.